The van der Waals surface area contributed by atoms with Crippen LogP contribution in [-0.4, -0.2) is 19.7 Å². The van der Waals surface area contributed by atoms with E-state index in [4.69, 9.17) is 4.74 Å². The van der Waals surface area contributed by atoms with E-state index in [0.717, 1.165) is 3.57 Å². The molecule has 0 aliphatic heterocycles. The molecule has 1 aromatic rings. The van der Waals surface area contributed by atoms with Gasteiger partial charge in [0.15, 0.2) is 0 Å². The van der Waals surface area contributed by atoms with Gasteiger partial charge < -0.3 is 9.47 Å². The fourth-order valence-electron chi connectivity index (χ4n) is 1.05. The van der Waals surface area contributed by atoms with Gasteiger partial charge >= 0.3 is 5.97 Å². The summed E-state index contributed by atoms with van der Waals surface area (Å²) in [7, 11) is 1.35. The van der Waals surface area contributed by atoms with E-state index >= 15 is 0 Å². The van der Waals surface area contributed by atoms with E-state index < -0.39 is 5.97 Å². The van der Waals surface area contributed by atoms with Crippen molar-refractivity contribution in [1.29, 1.82) is 0 Å². The molecule has 0 aliphatic rings. The van der Waals surface area contributed by atoms with Crippen molar-refractivity contribution in [2.45, 2.75) is 0 Å². The molecular weight excluding hydrogens is 307 g/mol. The Bertz CT molecular complexity index is 374. The Labute approximate surface area is 102 Å². The van der Waals surface area contributed by atoms with Crippen molar-refractivity contribution in [2.75, 3.05) is 13.7 Å². The van der Waals surface area contributed by atoms with Crippen LogP contribution in [0.1, 0.15) is 10.4 Å². The molecule has 3 nitrogen and oxygen atoms in total. The van der Waals surface area contributed by atoms with Crippen LogP contribution in [-0.2, 0) is 4.74 Å². The lowest BCUT2D eigenvalue weighted by atomic mass is 10.2. The summed E-state index contributed by atoms with van der Waals surface area (Å²) in [6.07, 6.45) is 1.62. The lowest BCUT2D eigenvalue weighted by molar-refractivity contribution is 0.0596. The van der Waals surface area contributed by atoms with Gasteiger partial charge in [0.1, 0.15) is 17.9 Å². The van der Waals surface area contributed by atoms with Crippen molar-refractivity contribution < 1.29 is 14.3 Å². The van der Waals surface area contributed by atoms with Crippen molar-refractivity contribution in [3.05, 3.63) is 40.0 Å². The second-order valence-electron chi connectivity index (χ2n) is 2.73. The Morgan fingerprint density at radius 1 is 1.60 bits per heavy atom. The zero-order chi connectivity index (χ0) is 11.3. The third-order valence-electron chi connectivity index (χ3n) is 1.70. The van der Waals surface area contributed by atoms with E-state index in [1.54, 1.807) is 18.2 Å². The number of esters is 1. The van der Waals surface area contributed by atoms with Crippen LogP contribution in [0.3, 0.4) is 0 Å². The molecule has 0 bridgehead atoms. The lowest BCUT2D eigenvalue weighted by Gasteiger charge is -2.08. The first kappa shape index (κ1) is 12.0. The number of rotatable bonds is 4. The number of carbonyl (C=O) groups excluding carboxylic acids is 1. The maximum Gasteiger partial charge on any atom is 0.341 e. The first-order valence-electron chi connectivity index (χ1n) is 4.30. The molecule has 0 saturated carbocycles. The van der Waals surface area contributed by atoms with Crippen molar-refractivity contribution in [3.8, 4) is 5.75 Å². The standard InChI is InChI=1S/C11H11IO3/c1-3-6-15-10-5-4-8(12)7-9(10)11(13)14-2/h3-5,7H,1,6H2,2H3. The maximum atomic E-state index is 11.4. The van der Waals surface area contributed by atoms with Crippen molar-refractivity contribution in [1.82, 2.24) is 0 Å². The fourth-order valence-corrected chi connectivity index (χ4v) is 1.54. The first-order valence-corrected chi connectivity index (χ1v) is 5.38. The van der Waals surface area contributed by atoms with E-state index in [0.29, 0.717) is 17.9 Å². The predicted molar refractivity (Wildman–Crippen MR) is 66.2 cm³/mol. The van der Waals surface area contributed by atoms with Gasteiger partial charge in [0.2, 0.25) is 0 Å². The molecular formula is C11H11IO3. The highest BCUT2D eigenvalue weighted by molar-refractivity contribution is 14.1. The van der Waals surface area contributed by atoms with Gasteiger partial charge in [0.05, 0.1) is 7.11 Å². The summed E-state index contributed by atoms with van der Waals surface area (Å²) < 4.78 is 11.0. The van der Waals surface area contributed by atoms with Gasteiger partial charge in [-0.2, -0.15) is 0 Å². The van der Waals surface area contributed by atoms with Gasteiger partial charge in [-0.25, -0.2) is 4.79 Å². The second-order valence-corrected chi connectivity index (χ2v) is 3.98. The van der Waals surface area contributed by atoms with E-state index in [9.17, 15) is 4.79 Å². The van der Waals surface area contributed by atoms with Gasteiger partial charge in [0.25, 0.3) is 0 Å². The quantitative estimate of drug-likeness (QED) is 0.486. The number of hydrogen-bond donors (Lipinski definition) is 0. The smallest absolute Gasteiger partial charge is 0.341 e. The highest BCUT2D eigenvalue weighted by atomic mass is 127. The maximum absolute atomic E-state index is 11.4. The van der Waals surface area contributed by atoms with Crippen LogP contribution < -0.4 is 4.74 Å². The third kappa shape index (κ3) is 3.23. The predicted octanol–water partition coefficient (Wildman–Crippen LogP) is 2.64. The zero-order valence-electron chi connectivity index (χ0n) is 8.33. The molecule has 4 heteroatoms. The molecule has 1 rings (SSSR count). The molecule has 0 fully saturated rings. The molecule has 0 saturated heterocycles. The second kappa shape index (κ2) is 5.75. The highest BCUT2D eigenvalue weighted by Gasteiger charge is 2.12. The molecule has 0 spiro atoms. The summed E-state index contributed by atoms with van der Waals surface area (Å²) >= 11 is 2.13. The van der Waals surface area contributed by atoms with Crippen LogP contribution in [0.25, 0.3) is 0 Å². The van der Waals surface area contributed by atoms with E-state index in [1.165, 1.54) is 7.11 Å². The lowest BCUT2D eigenvalue weighted by Crippen LogP contribution is -2.06. The minimum absolute atomic E-state index is 0.366. The topological polar surface area (TPSA) is 35.5 Å². The SMILES string of the molecule is C=CCOc1ccc(I)cc1C(=O)OC. The van der Waals surface area contributed by atoms with E-state index in [2.05, 4.69) is 33.9 Å². The summed E-state index contributed by atoms with van der Waals surface area (Å²) in [4.78, 5) is 11.4. The summed E-state index contributed by atoms with van der Waals surface area (Å²) in [5, 5.41) is 0. The molecule has 0 N–H and O–H groups in total. The van der Waals surface area contributed by atoms with Gasteiger partial charge in [0, 0.05) is 3.57 Å². The van der Waals surface area contributed by atoms with Gasteiger partial charge in [-0.05, 0) is 40.8 Å². The molecule has 15 heavy (non-hydrogen) atoms. The molecule has 80 valence electrons. The van der Waals surface area contributed by atoms with Gasteiger partial charge in [-0.1, -0.05) is 12.7 Å². The van der Waals surface area contributed by atoms with Crippen LogP contribution in [0.4, 0.5) is 0 Å². The van der Waals surface area contributed by atoms with Crippen molar-refractivity contribution in [3.63, 3.8) is 0 Å². The summed E-state index contributed by atoms with van der Waals surface area (Å²) in [6, 6.07) is 5.34. The minimum atomic E-state index is -0.396. The number of carbonyl (C=O) groups is 1. The van der Waals surface area contributed by atoms with Crippen molar-refractivity contribution >= 4 is 28.6 Å². The van der Waals surface area contributed by atoms with E-state index in [1.807, 2.05) is 6.07 Å². The Morgan fingerprint density at radius 2 is 2.33 bits per heavy atom. The minimum Gasteiger partial charge on any atom is -0.489 e. The summed E-state index contributed by atoms with van der Waals surface area (Å²) in [5.41, 5.74) is 0.436. The highest BCUT2D eigenvalue weighted by Crippen LogP contribution is 2.22. The Morgan fingerprint density at radius 3 is 2.93 bits per heavy atom. The van der Waals surface area contributed by atoms with Crippen LogP contribution in [0, 0.1) is 3.57 Å². The van der Waals surface area contributed by atoms with Gasteiger partial charge in [-0.3, -0.25) is 0 Å². The monoisotopic (exact) mass is 318 g/mol. The molecule has 0 aliphatic carbocycles. The third-order valence-corrected chi connectivity index (χ3v) is 2.37. The normalized spacial score (nSPS) is 9.47. The molecule has 0 atom stereocenters. The van der Waals surface area contributed by atoms with Crippen molar-refractivity contribution in [2.24, 2.45) is 0 Å². The number of hydrogen-bond acceptors (Lipinski definition) is 3. The van der Waals surface area contributed by atoms with Crippen LogP contribution >= 0.6 is 22.6 Å². The Balaban J connectivity index is 3.02. The summed E-state index contributed by atoms with van der Waals surface area (Å²) in [5.74, 6) is 0.120. The fraction of sp³-hybridized carbons (Fsp3) is 0.182. The summed E-state index contributed by atoms with van der Waals surface area (Å²) in [6.45, 7) is 3.91. The molecule has 0 radical (unpaired) electrons. The molecule has 0 unspecified atom stereocenters. The van der Waals surface area contributed by atoms with Crippen LogP contribution in [0.15, 0.2) is 30.9 Å². The molecule has 0 amide bonds. The average molecular weight is 318 g/mol. The average Bonchev–Trinajstić information content (AvgIpc) is 2.26. The van der Waals surface area contributed by atoms with E-state index in [-0.39, 0.29) is 0 Å². The number of halogens is 1. The van der Waals surface area contributed by atoms with Crippen LogP contribution in [0.2, 0.25) is 0 Å². The molecule has 0 heterocycles. The van der Waals surface area contributed by atoms with Crippen LogP contribution in [0.5, 0.6) is 5.75 Å². The Hall–Kier alpha value is -1.04. The number of benzene rings is 1. The molecule has 1 aromatic carbocycles. The van der Waals surface area contributed by atoms with Gasteiger partial charge in [-0.15, -0.1) is 0 Å². The number of ether oxygens (including phenoxy) is 2. The zero-order valence-corrected chi connectivity index (χ0v) is 10.5. The first-order chi connectivity index (χ1) is 7.19. The number of methoxy groups -OCH3 is 1. The Kier molecular flexibility index (Phi) is 4.61. The largest absolute Gasteiger partial charge is 0.489 e. The molecule has 0 aromatic heterocycles.